The zero-order valence-electron chi connectivity index (χ0n) is 12.2. The van der Waals surface area contributed by atoms with Gasteiger partial charge < -0.3 is 10.2 Å². The van der Waals surface area contributed by atoms with Crippen molar-refractivity contribution in [1.29, 1.82) is 0 Å². The van der Waals surface area contributed by atoms with Crippen LogP contribution in [0.4, 0.5) is 18.0 Å². The van der Waals surface area contributed by atoms with E-state index in [2.05, 4.69) is 26.1 Å². The monoisotopic (exact) mass is 312 g/mol. The number of hydrogen-bond donors (Lipinski definition) is 1. The summed E-state index contributed by atoms with van der Waals surface area (Å²) >= 11 is -0.104. The molecule has 0 aromatic rings. The van der Waals surface area contributed by atoms with E-state index in [-0.39, 0.29) is 41.5 Å². The summed E-state index contributed by atoms with van der Waals surface area (Å²) in [5, 5.41) is 2.58. The van der Waals surface area contributed by atoms with Crippen molar-refractivity contribution in [1.82, 2.24) is 10.2 Å². The average molecular weight is 312 g/mol. The van der Waals surface area contributed by atoms with Crippen LogP contribution in [0.3, 0.4) is 0 Å². The maximum atomic E-state index is 12.0. The maximum Gasteiger partial charge on any atom is 0.441 e. The molecule has 1 N–H and O–H groups in total. The van der Waals surface area contributed by atoms with Crippen molar-refractivity contribution in [2.24, 2.45) is 5.41 Å². The fourth-order valence-corrected chi connectivity index (χ4v) is 2.88. The summed E-state index contributed by atoms with van der Waals surface area (Å²) in [7, 11) is 0. The van der Waals surface area contributed by atoms with E-state index in [0.29, 0.717) is 6.54 Å². The second kappa shape index (κ2) is 6.91. The van der Waals surface area contributed by atoms with Gasteiger partial charge in [0.1, 0.15) is 0 Å². The van der Waals surface area contributed by atoms with E-state index in [1.54, 1.807) is 4.90 Å². The van der Waals surface area contributed by atoms with Gasteiger partial charge in [-0.3, -0.25) is 0 Å². The normalized spacial score (nSPS) is 20.3. The van der Waals surface area contributed by atoms with Crippen molar-refractivity contribution in [2.75, 3.05) is 18.8 Å². The lowest BCUT2D eigenvalue weighted by Crippen LogP contribution is -2.44. The molecule has 20 heavy (non-hydrogen) atoms. The van der Waals surface area contributed by atoms with Crippen LogP contribution >= 0.6 is 11.8 Å². The zero-order valence-corrected chi connectivity index (χ0v) is 13.0. The van der Waals surface area contributed by atoms with Crippen LogP contribution in [0.1, 0.15) is 40.0 Å². The second-order valence-corrected chi connectivity index (χ2v) is 7.44. The second-order valence-electron chi connectivity index (χ2n) is 6.28. The first-order valence-corrected chi connectivity index (χ1v) is 7.82. The molecule has 0 spiro atoms. The van der Waals surface area contributed by atoms with Gasteiger partial charge in [0.25, 0.3) is 0 Å². The molecule has 0 aromatic carbocycles. The lowest BCUT2D eigenvalue weighted by atomic mass is 9.87. The SMILES string of the molecule is CC(C)(C)C[C@H]1CCCN1C(=O)NCCSC(F)(F)F. The quantitative estimate of drug-likeness (QED) is 0.800. The summed E-state index contributed by atoms with van der Waals surface area (Å²) in [6.45, 7) is 7.12. The molecule has 0 bridgehead atoms. The number of urea groups is 1. The third-order valence-electron chi connectivity index (χ3n) is 3.13. The molecule has 118 valence electrons. The van der Waals surface area contributed by atoms with Gasteiger partial charge in [-0.1, -0.05) is 20.8 Å². The molecular weight excluding hydrogens is 289 g/mol. The highest BCUT2D eigenvalue weighted by Gasteiger charge is 2.32. The molecule has 1 heterocycles. The summed E-state index contributed by atoms with van der Waals surface area (Å²) in [6.07, 6.45) is 2.85. The number of likely N-dealkylation sites (tertiary alicyclic amines) is 1. The molecule has 7 heteroatoms. The zero-order chi connectivity index (χ0) is 15.4. The van der Waals surface area contributed by atoms with Crippen LogP contribution in [0.25, 0.3) is 0 Å². The van der Waals surface area contributed by atoms with Crippen molar-refractivity contribution in [3.05, 3.63) is 0 Å². The molecule has 0 radical (unpaired) electrons. The summed E-state index contributed by atoms with van der Waals surface area (Å²) in [6, 6.07) is -0.0372. The van der Waals surface area contributed by atoms with Gasteiger partial charge in [0, 0.05) is 24.9 Å². The Bertz CT molecular complexity index is 329. The number of rotatable bonds is 4. The highest BCUT2D eigenvalue weighted by atomic mass is 32.2. The molecule has 1 fully saturated rings. The Balaban J connectivity index is 2.35. The molecular formula is C13H23F3N2OS. The number of hydrogen-bond acceptors (Lipinski definition) is 2. The number of alkyl halides is 3. The number of nitrogens with zero attached hydrogens (tertiary/aromatic N) is 1. The molecule has 1 saturated heterocycles. The number of amides is 2. The van der Waals surface area contributed by atoms with Crippen LogP contribution in [0, 0.1) is 5.41 Å². The third-order valence-corrected chi connectivity index (χ3v) is 3.87. The van der Waals surface area contributed by atoms with E-state index in [4.69, 9.17) is 0 Å². The van der Waals surface area contributed by atoms with E-state index in [1.165, 1.54) is 0 Å². The van der Waals surface area contributed by atoms with Gasteiger partial charge in [-0.25, -0.2) is 4.79 Å². The third kappa shape index (κ3) is 6.72. The Morgan fingerprint density at radius 1 is 1.35 bits per heavy atom. The van der Waals surface area contributed by atoms with Crippen LogP contribution in [0.2, 0.25) is 0 Å². The van der Waals surface area contributed by atoms with Crippen molar-refractivity contribution in [3.8, 4) is 0 Å². The van der Waals surface area contributed by atoms with Crippen LogP contribution < -0.4 is 5.32 Å². The molecule has 1 aliphatic heterocycles. The minimum absolute atomic E-state index is 0.0434. The highest BCUT2D eigenvalue weighted by Crippen LogP contribution is 2.30. The molecule has 2 amide bonds. The highest BCUT2D eigenvalue weighted by molar-refractivity contribution is 8.00. The maximum absolute atomic E-state index is 12.0. The predicted molar refractivity (Wildman–Crippen MR) is 75.7 cm³/mol. The van der Waals surface area contributed by atoms with Crippen molar-refractivity contribution >= 4 is 17.8 Å². The predicted octanol–water partition coefficient (Wildman–Crippen LogP) is 3.85. The van der Waals surface area contributed by atoms with Gasteiger partial charge in [-0.15, -0.1) is 0 Å². The molecule has 0 unspecified atom stereocenters. The molecule has 0 aromatic heterocycles. The summed E-state index contributed by atoms with van der Waals surface area (Å²) in [5.41, 5.74) is -4.09. The minimum atomic E-state index is -4.23. The Morgan fingerprint density at radius 2 is 2.00 bits per heavy atom. The first kappa shape index (κ1) is 17.5. The van der Waals surface area contributed by atoms with Gasteiger partial charge in [-0.2, -0.15) is 13.2 Å². The van der Waals surface area contributed by atoms with E-state index >= 15 is 0 Å². The Labute approximate surface area is 122 Å². The van der Waals surface area contributed by atoms with Crippen molar-refractivity contribution < 1.29 is 18.0 Å². The molecule has 0 saturated carbocycles. The minimum Gasteiger partial charge on any atom is -0.337 e. The van der Waals surface area contributed by atoms with Crippen LogP contribution in [-0.2, 0) is 0 Å². The molecule has 3 nitrogen and oxygen atoms in total. The first-order chi connectivity index (χ1) is 9.08. The van der Waals surface area contributed by atoms with E-state index in [9.17, 15) is 18.0 Å². The summed E-state index contributed by atoms with van der Waals surface area (Å²) in [5.74, 6) is -0.146. The van der Waals surface area contributed by atoms with Gasteiger partial charge in [0.15, 0.2) is 0 Å². The van der Waals surface area contributed by atoms with E-state index in [0.717, 1.165) is 19.3 Å². The Kier molecular flexibility index (Phi) is 6.04. The molecule has 1 atom stereocenters. The number of carbonyl (C=O) groups is 1. The average Bonchev–Trinajstić information content (AvgIpc) is 2.68. The van der Waals surface area contributed by atoms with Gasteiger partial charge >= 0.3 is 11.5 Å². The fourth-order valence-electron chi connectivity index (χ4n) is 2.45. The Morgan fingerprint density at radius 3 is 2.55 bits per heavy atom. The standard InChI is InChI=1S/C13H23F3N2OS/c1-12(2,3)9-10-5-4-7-18(10)11(19)17-6-8-20-13(14,15)16/h10H,4-9H2,1-3H3,(H,17,19)/t10-/m1/s1. The number of thioether (sulfide) groups is 1. The fraction of sp³-hybridized carbons (Fsp3) is 0.923. The number of halogens is 3. The van der Waals surface area contributed by atoms with Crippen molar-refractivity contribution in [2.45, 2.75) is 51.6 Å². The summed E-state index contributed by atoms with van der Waals surface area (Å²) < 4.78 is 35.9. The lowest BCUT2D eigenvalue weighted by molar-refractivity contribution is -0.0327. The first-order valence-electron chi connectivity index (χ1n) is 6.84. The van der Waals surface area contributed by atoms with Gasteiger partial charge in [0.05, 0.1) is 0 Å². The number of carbonyl (C=O) groups excluding carboxylic acids is 1. The summed E-state index contributed by atoms with van der Waals surface area (Å²) in [4.78, 5) is 13.8. The van der Waals surface area contributed by atoms with E-state index < -0.39 is 5.51 Å². The molecule has 1 rings (SSSR count). The van der Waals surface area contributed by atoms with Gasteiger partial charge in [-0.05, 0) is 36.4 Å². The van der Waals surface area contributed by atoms with Gasteiger partial charge in [0.2, 0.25) is 0 Å². The van der Waals surface area contributed by atoms with Crippen LogP contribution in [0.15, 0.2) is 0 Å². The smallest absolute Gasteiger partial charge is 0.337 e. The molecule has 1 aliphatic rings. The largest absolute Gasteiger partial charge is 0.441 e. The topological polar surface area (TPSA) is 32.3 Å². The Hall–Kier alpha value is -0.590. The van der Waals surface area contributed by atoms with Crippen molar-refractivity contribution in [3.63, 3.8) is 0 Å². The number of nitrogens with one attached hydrogen (secondary N) is 1. The van der Waals surface area contributed by atoms with Crippen LogP contribution in [0.5, 0.6) is 0 Å². The lowest BCUT2D eigenvalue weighted by Gasteiger charge is -2.30. The van der Waals surface area contributed by atoms with Crippen LogP contribution in [-0.4, -0.2) is 41.3 Å². The van der Waals surface area contributed by atoms with E-state index in [1.807, 2.05) is 0 Å². The molecule has 0 aliphatic carbocycles.